The third kappa shape index (κ3) is 9.16. The Kier molecular flexibility index (Phi) is 8.23. The van der Waals surface area contributed by atoms with Crippen molar-refractivity contribution in [2.24, 2.45) is 11.8 Å². The number of nitrogens with zero attached hydrogens (tertiary/aromatic N) is 1. The van der Waals surface area contributed by atoms with Crippen molar-refractivity contribution < 1.29 is 4.79 Å². The highest BCUT2D eigenvalue weighted by molar-refractivity contribution is 5.76. The molecule has 0 bridgehead atoms. The molecule has 3 nitrogen and oxygen atoms in total. The van der Waals surface area contributed by atoms with E-state index < -0.39 is 0 Å². The Bertz CT molecular complexity index is 202. The first-order valence-corrected chi connectivity index (χ1v) is 6.84. The smallest absolute Gasteiger partial charge is 0.223 e. The first kappa shape index (κ1) is 16.4. The van der Waals surface area contributed by atoms with Gasteiger partial charge in [0.15, 0.2) is 0 Å². The third-order valence-electron chi connectivity index (χ3n) is 2.42. The molecule has 0 aliphatic heterocycles. The van der Waals surface area contributed by atoms with E-state index in [1.54, 1.807) is 0 Å². The molecule has 0 rings (SSSR count). The zero-order valence-corrected chi connectivity index (χ0v) is 12.4. The third-order valence-corrected chi connectivity index (χ3v) is 2.42. The van der Waals surface area contributed by atoms with Gasteiger partial charge in [-0.2, -0.15) is 0 Å². The van der Waals surface area contributed by atoms with Crippen LogP contribution in [0.15, 0.2) is 0 Å². The van der Waals surface area contributed by atoms with Gasteiger partial charge < -0.3 is 10.2 Å². The Labute approximate surface area is 107 Å². The maximum absolute atomic E-state index is 12.1. The van der Waals surface area contributed by atoms with E-state index in [2.05, 4.69) is 46.9 Å². The molecule has 0 aliphatic carbocycles. The Morgan fingerprint density at radius 1 is 1.00 bits per heavy atom. The van der Waals surface area contributed by atoms with Gasteiger partial charge in [0.1, 0.15) is 0 Å². The molecule has 0 saturated carbocycles. The molecule has 0 unspecified atom stereocenters. The van der Waals surface area contributed by atoms with E-state index in [1.807, 2.05) is 4.90 Å². The van der Waals surface area contributed by atoms with Crippen LogP contribution < -0.4 is 5.32 Å². The lowest BCUT2D eigenvalue weighted by molar-refractivity contribution is -0.132. The molecule has 0 aliphatic rings. The summed E-state index contributed by atoms with van der Waals surface area (Å²) in [6.45, 7) is 15.4. The largest absolute Gasteiger partial charge is 0.342 e. The van der Waals surface area contributed by atoms with Gasteiger partial charge in [0.05, 0.1) is 0 Å². The monoisotopic (exact) mass is 242 g/mol. The summed E-state index contributed by atoms with van der Waals surface area (Å²) in [4.78, 5) is 14.1. The van der Waals surface area contributed by atoms with Crippen molar-refractivity contribution in [1.82, 2.24) is 10.2 Å². The fourth-order valence-electron chi connectivity index (χ4n) is 1.79. The molecular formula is C14H30N2O. The molecular weight excluding hydrogens is 212 g/mol. The lowest BCUT2D eigenvalue weighted by Crippen LogP contribution is -2.38. The molecule has 1 amide bonds. The molecule has 0 aromatic heterocycles. The van der Waals surface area contributed by atoms with Crippen LogP contribution in [0.1, 0.15) is 48.0 Å². The zero-order chi connectivity index (χ0) is 13.4. The first-order valence-electron chi connectivity index (χ1n) is 6.84. The summed E-state index contributed by atoms with van der Waals surface area (Å²) in [5.74, 6) is 1.35. The van der Waals surface area contributed by atoms with Crippen LogP contribution in [0.5, 0.6) is 0 Å². The summed E-state index contributed by atoms with van der Waals surface area (Å²) in [7, 11) is 0. The number of hydrogen-bond acceptors (Lipinski definition) is 2. The van der Waals surface area contributed by atoms with Crippen molar-refractivity contribution in [3.63, 3.8) is 0 Å². The van der Waals surface area contributed by atoms with E-state index >= 15 is 0 Å². The highest BCUT2D eigenvalue weighted by Crippen LogP contribution is 2.05. The molecule has 3 heteroatoms. The Morgan fingerprint density at radius 3 is 1.82 bits per heavy atom. The van der Waals surface area contributed by atoms with Crippen LogP contribution in [-0.4, -0.2) is 36.5 Å². The molecule has 0 aromatic rings. The number of rotatable bonds is 8. The fourth-order valence-corrected chi connectivity index (χ4v) is 1.79. The topological polar surface area (TPSA) is 32.3 Å². The predicted molar refractivity (Wildman–Crippen MR) is 74.0 cm³/mol. The molecule has 0 heterocycles. The second-order valence-electron chi connectivity index (χ2n) is 5.95. The highest BCUT2D eigenvalue weighted by Gasteiger charge is 2.15. The highest BCUT2D eigenvalue weighted by atomic mass is 16.2. The quantitative estimate of drug-likeness (QED) is 0.709. The SMILES string of the molecule is CC(C)CN(CC(C)C)C(=O)CCNC(C)C. The van der Waals surface area contributed by atoms with Crippen LogP contribution >= 0.6 is 0 Å². The van der Waals surface area contributed by atoms with Gasteiger partial charge in [-0.05, 0) is 11.8 Å². The Hall–Kier alpha value is -0.570. The molecule has 0 spiro atoms. The van der Waals surface area contributed by atoms with E-state index in [0.29, 0.717) is 24.3 Å². The van der Waals surface area contributed by atoms with E-state index in [9.17, 15) is 4.79 Å². The summed E-state index contributed by atoms with van der Waals surface area (Å²) in [6, 6.07) is 0.450. The Balaban J connectivity index is 4.12. The van der Waals surface area contributed by atoms with Crippen molar-refractivity contribution in [2.45, 2.75) is 54.0 Å². The number of hydrogen-bond donors (Lipinski definition) is 1. The Morgan fingerprint density at radius 2 is 1.47 bits per heavy atom. The minimum absolute atomic E-state index is 0.278. The van der Waals surface area contributed by atoms with Crippen LogP contribution in [0.4, 0.5) is 0 Å². The van der Waals surface area contributed by atoms with E-state index in [4.69, 9.17) is 0 Å². The van der Waals surface area contributed by atoms with Crippen LogP contribution in [0, 0.1) is 11.8 Å². The normalized spacial score (nSPS) is 11.6. The summed E-state index contributed by atoms with van der Waals surface area (Å²) in [5, 5.41) is 3.29. The molecule has 0 radical (unpaired) electrons. The predicted octanol–water partition coefficient (Wildman–Crippen LogP) is 2.52. The first-order chi connectivity index (χ1) is 7.82. The van der Waals surface area contributed by atoms with Gasteiger partial charge in [-0.3, -0.25) is 4.79 Å². The molecule has 1 N–H and O–H groups in total. The van der Waals surface area contributed by atoms with Gasteiger partial charge in [0.25, 0.3) is 0 Å². The molecule has 0 atom stereocenters. The molecule has 102 valence electrons. The average Bonchev–Trinajstić information content (AvgIpc) is 2.14. The lowest BCUT2D eigenvalue weighted by atomic mass is 10.1. The van der Waals surface area contributed by atoms with Gasteiger partial charge in [-0.15, -0.1) is 0 Å². The number of nitrogens with one attached hydrogen (secondary N) is 1. The number of amides is 1. The van der Waals surface area contributed by atoms with Crippen molar-refractivity contribution in [2.75, 3.05) is 19.6 Å². The standard InChI is InChI=1S/C14H30N2O/c1-11(2)9-16(10-12(3)4)14(17)7-8-15-13(5)6/h11-13,15H,7-10H2,1-6H3. The van der Waals surface area contributed by atoms with E-state index in [-0.39, 0.29) is 5.91 Å². The minimum atomic E-state index is 0.278. The van der Waals surface area contributed by atoms with Crippen LogP contribution in [0.3, 0.4) is 0 Å². The zero-order valence-electron chi connectivity index (χ0n) is 12.4. The van der Waals surface area contributed by atoms with Gasteiger partial charge >= 0.3 is 0 Å². The van der Waals surface area contributed by atoms with Gasteiger partial charge in [-0.25, -0.2) is 0 Å². The number of carbonyl (C=O) groups is 1. The molecule has 0 aromatic carbocycles. The molecule has 17 heavy (non-hydrogen) atoms. The maximum Gasteiger partial charge on any atom is 0.223 e. The molecule has 0 fully saturated rings. The second-order valence-corrected chi connectivity index (χ2v) is 5.95. The molecule has 0 saturated heterocycles. The van der Waals surface area contributed by atoms with Gasteiger partial charge in [-0.1, -0.05) is 41.5 Å². The lowest BCUT2D eigenvalue weighted by Gasteiger charge is -2.26. The van der Waals surface area contributed by atoms with E-state index in [1.165, 1.54) is 0 Å². The minimum Gasteiger partial charge on any atom is -0.342 e. The van der Waals surface area contributed by atoms with Gasteiger partial charge in [0.2, 0.25) is 5.91 Å². The van der Waals surface area contributed by atoms with Crippen molar-refractivity contribution in [3.8, 4) is 0 Å². The van der Waals surface area contributed by atoms with Crippen LogP contribution in [0.25, 0.3) is 0 Å². The van der Waals surface area contributed by atoms with Crippen molar-refractivity contribution >= 4 is 5.91 Å². The summed E-state index contributed by atoms with van der Waals surface area (Å²) in [5.41, 5.74) is 0. The van der Waals surface area contributed by atoms with Gasteiger partial charge in [0, 0.05) is 32.1 Å². The van der Waals surface area contributed by atoms with Crippen LogP contribution in [0.2, 0.25) is 0 Å². The van der Waals surface area contributed by atoms with E-state index in [0.717, 1.165) is 19.6 Å². The fraction of sp³-hybridized carbons (Fsp3) is 0.929. The maximum atomic E-state index is 12.1. The number of carbonyl (C=O) groups excluding carboxylic acids is 1. The van der Waals surface area contributed by atoms with Crippen molar-refractivity contribution in [1.29, 1.82) is 0 Å². The summed E-state index contributed by atoms with van der Waals surface area (Å²) >= 11 is 0. The van der Waals surface area contributed by atoms with Crippen molar-refractivity contribution in [3.05, 3.63) is 0 Å². The second kappa shape index (κ2) is 8.51. The average molecular weight is 242 g/mol. The summed E-state index contributed by atoms with van der Waals surface area (Å²) < 4.78 is 0. The summed E-state index contributed by atoms with van der Waals surface area (Å²) in [6.07, 6.45) is 0.609. The van der Waals surface area contributed by atoms with Crippen LogP contribution in [-0.2, 0) is 4.79 Å².